The first-order valence-corrected chi connectivity index (χ1v) is 3.61. The Bertz CT molecular complexity index is 186. The second kappa shape index (κ2) is 4.08. The molecule has 0 aliphatic rings. The lowest BCUT2D eigenvalue weighted by Gasteiger charge is -2.10. The maximum atomic E-state index is 11.9. The highest BCUT2D eigenvalue weighted by atomic mass is 19.1. The second-order valence-electron chi connectivity index (χ2n) is 2.33. The van der Waals surface area contributed by atoms with Crippen LogP contribution in [0.2, 0.25) is 0 Å². The Morgan fingerprint density at radius 3 is 3.09 bits per heavy atom. The van der Waals surface area contributed by atoms with Crippen molar-refractivity contribution < 1.29 is 4.39 Å². The summed E-state index contributed by atoms with van der Waals surface area (Å²) in [6.07, 6.45) is 2.15. The predicted octanol–water partition coefficient (Wildman–Crippen LogP) is 1.03. The minimum atomic E-state index is -0.315. The zero-order valence-electron chi connectivity index (χ0n) is 6.47. The molecule has 0 saturated heterocycles. The molecule has 4 heteroatoms. The van der Waals surface area contributed by atoms with E-state index in [1.54, 1.807) is 13.2 Å². The van der Waals surface area contributed by atoms with E-state index < -0.39 is 0 Å². The lowest BCUT2D eigenvalue weighted by atomic mass is 10.1. The molecule has 0 bridgehead atoms. The van der Waals surface area contributed by atoms with Gasteiger partial charge in [-0.05, 0) is 19.5 Å². The molecule has 0 amide bonds. The van der Waals surface area contributed by atoms with Crippen LogP contribution in [0.5, 0.6) is 0 Å². The molecular formula is C7H12FN3. The van der Waals surface area contributed by atoms with Gasteiger partial charge in [-0.2, -0.15) is 5.10 Å². The average molecular weight is 157 g/mol. The van der Waals surface area contributed by atoms with Gasteiger partial charge in [0.05, 0.1) is 18.4 Å². The smallest absolute Gasteiger partial charge is 0.0913 e. The Hall–Kier alpha value is -0.900. The molecule has 2 N–H and O–H groups in total. The van der Waals surface area contributed by atoms with Crippen LogP contribution in [-0.2, 0) is 0 Å². The summed E-state index contributed by atoms with van der Waals surface area (Å²) in [5.41, 5.74) is 0.935. The van der Waals surface area contributed by atoms with Gasteiger partial charge in [-0.3, -0.25) is 9.49 Å². The number of hydrogen-bond donors (Lipinski definition) is 2. The summed E-state index contributed by atoms with van der Waals surface area (Å²) in [4.78, 5) is 0. The van der Waals surface area contributed by atoms with Crippen LogP contribution < -0.4 is 5.32 Å². The minimum Gasteiger partial charge on any atom is -0.312 e. The van der Waals surface area contributed by atoms with E-state index in [1.165, 1.54) is 0 Å². The van der Waals surface area contributed by atoms with Gasteiger partial charge in [0.15, 0.2) is 0 Å². The Labute approximate surface area is 65.0 Å². The van der Waals surface area contributed by atoms with Crippen molar-refractivity contribution in [3.05, 3.63) is 18.0 Å². The summed E-state index contributed by atoms with van der Waals surface area (Å²) in [5.74, 6) is 0. The number of nitrogens with one attached hydrogen (secondary N) is 2. The molecule has 0 radical (unpaired) electrons. The zero-order valence-corrected chi connectivity index (χ0v) is 6.47. The van der Waals surface area contributed by atoms with Crippen LogP contribution in [0.3, 0.4) is 0 Å². The highest BCUT2D eigenvalue weighted by molar-refractivity contribution is 5.03. The summed E-state index contributed by atoms with van der Waals surface area (Å²) >= 11 is 0. The highest BCUT2D eigenvalue weighted by Gasteiger charge is 2.08. The summed E-state index contributed by atoms with van der Waals surface area (Å²) in [6.45, 7) is -0.315. The van der Waals surface area contributed by atoms with Gasteiger partial charge in [0.2, 0.25) is 0 Å². The topological polar surface area (TPSA) is 40.7 Å². The third-order valence-electron chi connectivity index (χ3n) is 1.64. The van der Waals surface area contributed by atoms with E-state index in [0.29, 0.717) is 6.42 Å². The number of rotatable bonds is 4. The first kappa shape index (κ1) is 8.20. The number of aromatic amines is 1. The molecule has 0 aliphatic carbocycles. The third-order valence-corrected chi connectivity index (χ3v) is 1.64. The Morgan fingerprint density at radius 2 is 2.64 bits per heavy atom. The number of nitrogens with zero attached hydrogens (tertiary/aromatic N) is 1. The highest BCUT2D eigenvalue weighted by Crippen LogP contribution is 2.12. The maximum Gasteiger partial charge on any atom is 0.0913 e. The lowest BCUT2D eigenvalue weighted by Crippen LogP contribution is -2.17. The van der Waals surface area contributed by atoms with Gasteiger partial charge in [0.25, 0.3) is 0 Å². The van der Waals surface area contributed by atoms with Gasteiger partial charge >= 0.3 is 0 Å². The van der Waals surface area contributed by atoms with Crippen LogP contribution >= 0.6 is 0 Å². The molecule has 1 heterocycles. The van der Waals surface area contributed by atoms with Crippen molar-refractivity contribution in [3.8, 4) is 0 Å². The molecule has 1 aromatic heterocycles. The van der Waals surface area contributed by atoms with E-state index in [2.05, 4.69) is 15.5 Å². The van der Waals surface area contributed by atoms with Gasteiger partial charge in [0, 0.05) is 6.20 Å². The predicted molar refractivity (Wildman–Crippen MR) is 41.0 cm³/mol. The van der Waals surface area contributed by atoms with E-state index in [4.69, 9.17) is 0 Å². The lowest BCUT2D eigenvalue weighted by molar-refractivity contribution is 0.411. The number of hydrogen-bond acceptors (Lipinski definition) is 2. The van der Waals surface area contributed by atoms with Crippen LogP contribution in [0.25, 0.3) is 0 Å². The SMILES string of the molecule is CNC(CCF)c1ccn[nH]1. The van der Waals surface area contributed by atoms with Crippen molar-refractivity contribution >= 4 is 0 Å². The second-order valence-corrected chi connectivity index (χ2v) is 2.33. The normalized spacial score (nSPS) is 13.3. The molecule has 3 nitrogen and oxygen atoms in total. The fourth-order valence-electron chi connectivity index (χ4n) is 1.03. The zero-order chi connectivity index (χ0) is 8.10. The summed E-state index contributed by atoms with van der Waals surface area (Å²) in [7, 11) is 1.81. The van der Waals surface area contributed by atoms with Gasteiger partial charge in [0.1, 0.15) is 0 Å². The molecule has 0 spiro atoms. The van der Waals surface area contributed by atoms with E-state index in [-0.39, 0.29) is 12.7 Å². The molecule has 1 aromatic rings. The summed E-state index contributed by atoms with van der Waals surface area (Å²) in [6, 6.07) is 1.90. The van der Waals surface area contributed by atoms with Crippen molar-refractivity contribution in [3.63, 3.8) is 0 Å². The largest absolute Gasteiger partial charge is 0.312 e. The van der Waals surface area contributed by atoms with Crippen molar-refractivity contribution in [2.45, 2.75) is 12.5 Å². The number of aromatic nitrogens is 2. The number of H-pyrrole nitrogens is 1. The fourth-order valence-corrected chi connectivity index (χ4v) is 1.03. The summed E-state index contributed by atoms with van der Waals surface area (Å²) < 4.78 is 11.9. The molecule has 0 aliphatic heterocycles. The summed E-state index contributed by atoms with van der Waals surface area (Å²) in [5, 5.41) is 9.57. The molecular weight excluding hydrogens is 145 g/mol. The monoisotopic (exact) mass is 157 g/mol. The van der Waals surface area contributed by atoms with Crippen molar-refractivity contribution in [2.75, 3.05) is 13.7 Å². The molecule has 1 unspecified atom stereocenters. The van der Waals surface area contributed by atoms with Gasteiger partial charge < -0.3 is 5.32 Å². The van der Waals surface area contributed by atoms with Gasteiger partial charge in [-0.25, -0.2) is 0 Å². The third kappa shape index (κ3) is 2.01. The standard InChI is InChI=1S/C7H12FN3/c1-9-6(2-4-8)7-3-5-10-11-7/h3,5-6,9H,2,4H2,1H3,(H,10,11). The number of halogens is 1. The van der Waals surface area contributed by atoms with Crippen LogP contribution in [0, 0.1) is 0 Å². The van der Waals surface area contributed by atoms with Crippen LogP contribution in [0.15, 0.2) is 12.3 Å². The maximum absolute atomic E-state index is 11.9. The van der Waals surface area contributed by atoms with E-state index >= 15 is 0 Å². The fraction of sp³-hybridized carbons (Fsp3) is 0.571. The molecule has 11 heavy (non-hydrogen) atoms. The van der Waals surface area contributed by atoms with Crippen LogP contribution in [0.1, 0.15) is 18.2 Å². The quantitative estimate of drug-likeness (QED) is 0.685. The van der Waals surface area contributed by atoms with Crippen molar-refractivity contribution in [1.82, 2.24) is 15.5 Å². The molecule has 1 atom stereocenters. The van der Waals surface area contributed by atoms with Crippen LogP contribution in [-0.4, -0.2) is 23.9 Å². The van der Waals surface area contributed by atoms with Crippen LogP contribution in [0.4, 0.5) is 4.39 Å². The number of alkyl halides is 1. The minimum absolute atomic E-state index is 0.0579. The molecule has 1 rings (SSSR count). The van der Waals surface area contributed by atoms with Crippen molar-refractivity contribution in [1.29, 1.82) is 0 Å². The van der Waals surface area contributed by atoms with E-state index in [9.17, 15) is 4.39 Å². The Morgan fingerprint density at radius 1 is 1.82 bits per heavy atom. The van der Waals surface area contributed by atoms with E-state index in [1.807, 2.05) is 6.07 Å². The molecule has 0 fully saturated rings. The first-order chi connectivity index (χ1) is 5.38. The molecule has 62 valence electrons. The average Bonchev–Trinajstić information content (AvgIpc) is 2.52. The molecule has 0 aromatic carbocycles. The Kier molecular flexibility index (Phi) is 3.04. The van der Waals surface area contributed by atoms with Gasteiger partial charge in [-0.15, -0.1) is 0 Å². The van der Waals surface area contributed by atoms with Gasteiger partial charge in [-0.1, -0.05) is 0 Å². The first-order valence-electron chi connectivity index (χ1n) is 3.61. The molecule has 0 saturated carbocycles. The van der Waals surface area contributed by atoms with Crippen molar-refractivity contribution in [2.24, 2.45) is 0 Å². The Balaban J connectivity index is 2.56. The van der Waals surface area contributed by atoms with E-state index in [0.717, 1.165) is 5.69 Å².